The molecule has 0 aliphatic carbocycles. The molecule has 0 radical (unpaired) electrons. The summed E-state index contributed by atoms with van der Waals surface area (Å²) in [7, 11) is 0. The number of carbonyl (C=O) groups is 2. The first-order chi connectivity index (χ1) is 8.48. The maximum absolute atomic E-state index is 11.9. The van der Waals surface area contributed by atoms with Crippen LogP contribution in [0.5, 0.6) is 0 Å². The van der Waals surface area contributed by atoms with Crippen molar-refractivity contribution in [3.63, 3.8) is 0 Å². The number of hydrogen-bond donors (Lipinski definition) is 3. The fourth-order valence-electron chi connectivity index (χ4n) is 3.92. The molecule has 19 heavy (non-hydrogen) atoms. The Balaban J connectivity index is 3.51. The largest absolute Gasteiger partial charge is 0.481 e. The van der Waals surface area contributed by atoms with Crippen molar-refractivity contribution in [1.29, 1.82) is 0 Å². The molecule has 110 valence electrons. The summed E-state index contributed by atoms with van der Waals surface area (Å²) >= 11 is 0. The van der Waals surface area contributed by atoms with Crippen molar-refractivity contribution in [1.82, 2.24) is 5.32 Å². The predicted octanol–water partition coefficient (Wildman–Crippen LogP) is 1.96. The third-order valence-corrected chi connectivity index (χ3v) is 5.14. The van der Waals surface area contributed by atoms with E-state index >= 15 is 0 Å². The normalized spacial score (nSPS) is 39.3. The third kappa shape index (κ3) is 1.78. The number of nitrogens with one attached hydrogen (secondary N) is 1. The highest BCUT2D eigenvalue weighted by atomic mass is 16.4. The minimum atomic E-state index is -1.24. The van der Waals surface area contributed by atoms with E-state index in [4.69, 9.17) is 0 Å². The molecule has 1 aliphatic rings. The van der Waals surface area contributed by atoms with Crippen LogP contribution in [0.1, 0.15) is 48.0 Å². The van der Waals surface area contributed by atoms with Gasteiger partial charge >= 0.3 is 11.9 Å². The zero-order valence-electron chi connectivity index (χ0n) is 12.6. The lowest BCUT2D eigenvalue weighted by Gasteiger charge is -2.43. The topological polar surface area (TPSA) is 86.6 Å². The van der Waals surface area contributed by atoms with Gasteiger partial charge in [0.2, 0.25) is 0 Å². The third-order valence-electron chi connectivity index (χ3n) is 5.14. The highest BCUT2D eigenvalue weighted by Crippen LogP contribution is 2.53. The predicted molar refractivity (Wildman–Crippen MR) is 71.9 cm³/mol. The molecule has 1 saturated heterocycles. The van der Waals surface area contributed by atoms with Gasteiger partial charge in [-0.1, -0.05) is 34.6 Å². The summed E-state index contributed by atoms with van der Waals surface area (Å²) in [6.45, 7) is 10.8. The number of carboxylic acid groups (broad SMARTS) is 2. The highest BCUT2D eigenvalue weighted by Gasteiger charge is 2.68. The molecule has 4 unspecified atom stereocenters. The van der Waals surface area contributed by atoms with E-state index in [9.17, 15) is 19.8 Å². The van der Waals surface area contributed by atoms with Crippen LogP contribution >= 0.6 is 0 Å². The molecule has 0 aromatic heterocycles. The van der Waals surface area contributed by atoms with Gasteiger partial charge in [-0.3, -0.25) is 14.9 Å². The van der Waals surface area contributed by atoms with E-state index in [0.29, 0.717) is 6.42 Å². The molecule has 1 aliphatic heterocycles. The van der Waals surface area contributed by atoms with Gasteiger partial charge in [0.1, 0.15) is 5.54 Å². The molecule has 5 nitrogen and oxygen atoms in total. The van der Waals surface area contributed by atoms with E-state index in [-0.39, 0.29) is 6.04 Å². The van der Waals surface area contributed by atoms with E-state index in [1.807, 2.05) is 27.7 Å². The monoisotopic (exact) mass is 271 g/mol. The second-order valence-electron chi connectivity index (χ2n) is 6.65. The molecule has 0 spiro atoms. The van der Waals surface area contributed by atoms with Crippen LogP contribution in [-0.2, 0) is 9.59 Å². The smallest absolute Gasteiger partial charge is 0.324 e. The summed E-state index contributed by atoms with van der Waals surface area (Å²) in [5, 5.41) is 22.5. The van der Waals surface area contributed by atoms with Crippen LogP contribution in [0.25, 0.3) is 0 Å². The van der Waals surface area contributed by atoms with E-state index < -0.39 is 34.2 Å². The Labute approximate surface area is 114 Å². The van der Waals surface area contributed by atoms with Crippen LogP contribution in [-0.4, -0.2) is 33.7 Å². The number of rotatable bonds is 3. The molecule has 4 atom stereocenters. The molecule has 0 aromatic carbocycles. The van der Waals surface area contributed by atoms with Gasteiger partial charge in [-0.25, -0.2) is 0 Å². The van der Waals surface area contributed by atoms with Crippen molar-refractivity contribution in [2.45, 2.75) is 59.5 Å². The summed E-state index contributed by atoms with van der Waals surface area (Å²) in [5.41, 5.74) is -2.87. The first-order valence-electron chi connectivity index (χ1n) is 6.73. The summed E-state index contributed by atoms with van der Waals surface area (Å²) in [6, 6.07) is -0.389. The molecule has 0 bridgehead atoms. The number of carboxylic acids is 2. The van der Waals surface area contributed by atoms with Gasteiger partial charge in [0, 0.05) is 12.0 Å². The van der Waals surface area contributed by atoms with E-state index in [2.05, 4.69) is 5.32 Å². The van der Waals surface area contributed by atoms with Crippen molar-refractivity contribution in [2.75, 3.05) is 0 Å². The average molecular weight is 271 g/mol. The Morgan fingerprint density at radius 3 is 1.79 bits per heavy atom. The van der Waals surface area contributed by atoms with Crippen molar-refractivity contribution in [2.24, 2.45) is 16.7 Å². The quantitative estimate of drug-likeness (QED) is 0.730. The van der Waals surface area contributed by atoms with Gasteiger partial charge in [0.15, 0.2) is 0 Å². The number of hydrogen-bond acceptors (Lipinski definition) is 3. The van der Waals surface area contributed by atoms with Gasteiger partial charge < -0.3 is 10.2 Å². The fourth-order valence-corrected chi connectivity index (χ4v) is 3.92. The standard InChI is InChI=1S/C14H25NO4/c1-7-13(10(16)17)8(2)14(11(18)19,12(4,5)6)15-9(13)3/h8-9,15H,7H2,1-6H3,(H,16,17)(H,18,19). The Bertz CT molecular complexity index is 401. The molecule has 0 amide bonds. The maximum atomic E-state index is 11.9. The van der Waals surface area contributed by atoms with Crippen molar-refractivity contribution in [3.8, 4) is 0 Å². The summed E-state index contributed by atoms with van der Waals surface area (Å²) in [6.07, 6.45) is 0.406. The van der Waals surface area contributed by atoms with Crippen LogP contribution in [0, 0.1) is 16.7 Å². The van der Waals surface area contributed by atoms with E-state index in [1.165, 1.54) is 0 Å². The van der Waals surface area contributed by atoms with Crippen LogP contribution in [0.3, 0.4) is 0 Å². The summed E-state index contributed by atoms with van der Waals surface area (Å²) in [5.74, 6) is -2.40. The minimum Gasteiger partial charge on any atom is -0.481 e. The van der Waals surface area contributed by atoms with Crippen molar-refractivity contribution < 1.29 is 19.8 Å². The molecule has 1 heterocycles. The van der Waals surface area contributed by atoms with Gasteiger partial charge in [0.25, 0.3) is 0 Å². The zero-order chi connectivity index (χ0) is 15.2. The second kappa shape index (κ2) is 4.47. The zero-order valence-corrected chi connectivity index (χ0v) is 12.6. The average Bonchev–Trinajstić information content (AvgIpc) is 2.47. The lowest BCUT2D eigenvalue weighted by Crippen LogP contribution is -2.61. The fraction of sp³-hybridized carbons (Fsp3) is 0.857. The van der Waals surface area contributed by atoms with E-state index in [0.717, 1.165) is 0 Å². The molecule has 1 rings (SSSR count). The second-order valence-corrected chi connectivity index (χ2v) is 6.65. The molecule has 0 aromatic rings. The Morgan fingerprint density at radius 1 is 1.16 bits per heavy atom. The molecule has 3 N–H and O–H groups in total. The van der Waals surface area contributed by atoms with Gasteiger partial charge in [-0.05, 0) is 18.8 Å². The first kappa shape index (κ1) is 16.0. The number of aliphatic carboxylic acids is 2. The lowest BCUT2D eigenvalue weighted by atomic mass is 9.60. The van der Waals surface area contributed by atoms with Crippen molar-refractivity contribution >= 4 is 11.9 Å². The minimum absolute atomic E-state index is 0.389. The molecular weight excluding hydrogens is 246 g/mol. The highest BCUT2D eigenvalue weighted by molar-refractivity contribution is 5.86. The maximum Gasteiger partial charge on any atom is 0.324 e. The first-order valence-corrected chi connectivity index (χ1v) is 6.73. The molecule has 0 saturated carbocycles. The lowest BCUT2D eigenvalue weighted by molar-refractivity contribution is -0.158. The SMILES string of the molecule is CCC1(C(=O)O)C(C)NC(C(=O)O)(C(C)(C)C)C1C. The van der Waals surface area contributed by atoms with Crippen LogP contribution < -0.4 is 5.32 Å². The van der Waals surface area contributed by atoms with Gasteiger partial charge in [0.05, 0.1) is 5.41 Å². The van der Waals surface area contributed by atoms with Crippen molar-refractivity contribution in [3.05, 3.63) is 0 Å². The van der Waals surface area contributed by atoms with Crippen LogP contribution in [0.4, 0.5) is 0 Å². The summed E-state index contributed by atoms with van der Waals surface area (Å²) in [4.78, 5) is 23.7. The van der Waals surface area contributed by atoms with E-state index in [1.54, 1.807) is 13.8 Å². The Hall–Kier alpha value is -1.10. The molecule has 1 fully saturated rings. The Morgan fingerprint density at radius 2 is 1.63 bits per heavy atom. The van der Waals surface area contributed by atoms with Gasteiger partial charge in [-0.15, -0.1) is 0 Å². The molecular formula is C14H25NO4. The summed E-state index contributed by atoms with van der Waals surface area (Å²) < 4.78 is 0. The van der Waals surface area contributed by atoms with Crippen LogP contribution in [0.15, 0.2) is 0 Å². The van der Waals surface area contributed by atoms with Crippen LogP contribution in [0.2, 0.25) is 0 Å². The Kier molecular flexibility index (Phi) is 3.76. The molecule has 5 heteroatoms. The van der Waals surface area contributed by atoms with Gasteiger partial charge in [-0.2, -0.15) is 0 Å².